The Bertz CT molecular complexity index is 1350. The maximum Gasteiger partial charge on any atom is 0.279 e. The van der Waals surface area contributed by atoms with Crippen LogP contribution in [0, 0.1) is 10.1 Å². The van der Waals surface area contributed by atoms with Gasteiger partial charge in [0.2, 0.25) is 4.80 Å². The lowest BCUT2D eigenvalue weighted by Gasteiger charge is -2.20. The third-order valence-electron chi connectivity index (χ3n) is 5.10. The number of benzene rings is 2. The highest BCUT2D eigenvalue weighted by molar-refractivity contribution is 7.07. The van der Waals surface area contributed by atoms with Crippen molar-refractivity contribution < 1.29 is 9.72 Å². The molecule has 0 radical (unpaired) electrons. The number of thiazole rings is 1. The Morgan fingerprint density at radius 3 is 2.52 bits per heavy atom. The van der Waals surface area contributed by atoms with Crippen molar-refractivity contribution in [2.45, 2.75) is 26.8 Å². The number of nitrogens with zero attached hydrogens (tertiary/aromatic N) is 5. The highest BCUT2D eigenvalue weighted by Crippen LogP contribution is 2.31. The minimum absolute atomic E-state index is 0.00603. The maximum atomic E-state index is 13.3. The lowest BCUT2D eigenvalue weighted by molar-refractivity contribution is -0.384. The summed E-state index contributed by atoms with van der Waals surface area (Å²) in [6, 6.07) is 13.8. The second-order valence-electron chi connectivity index (χ2n) is 8.03. The van der Waals surface area contributed by atoms with E-state index in [1.165, 1.54) is 23.5 Å². The molecule has 33 heavy (non-hydrogen) atoms. The first kappa shape index (κ1) is 22.3. The van der Waals surface area contributed by atoms with Gasteiger partial charge in [0.1, 0.15) is 0 Å². The van der Waals surface area contributed by atoms with E-state index in [0.29, 0.717) is 22.8 Å². The highest BCUT2D eigenvalue weighted by atomic mass is 32.1. The van der Waals surface area contributed by atoms with Gasteiger partial charge in [0.15, 0.2) is 5.71 Å². The molecule has 9 heteroatoms. The van der Waals surface area contributed by atoms with E-state index in [1.54, 1.807) is 21.7 Å². The van der Waals surface area contributed by atoms with Gasteiger partial charge in [-0.25, -0.2) is 4.68 Å². The van der Waals surface area contributed by atoms with E-state index in [9.17, 15) is 14.9 Å². The monoisotopic (exact) mass is 461 g/mol. The van der Waals surface area contributed by atoms with Crippen LogP contribution in [0.3, 0.4) is 0 Å². The number of fused-ring (bicyclic) bond motifs is 1. The summed E-state index contributed by atoms with van der Waals surface area (Å²) in [5.41, 5.74) is 4.24. The molecule has 0 saturated heterocycles. The highest BCUT2D eigenvalue weighted by Gasteiger charge is 2.35. The number of carbonyl (C=O) groups is 1. The standard InChI is InChI=1S/C24H23N5O3S/c1-15(2)13-25-24-28(21(14-33-24)17-9-11-18(12-10-17)29(31)32)26-22-19-7-5-6-8-20(19)27(16(3)4)23(22)30/h5-12,14,16H,1,13H2,2-4H3. The maximum absolute atomic E-state index is 13.3. The summed E-state index contributed by atoms with van der Waals surface area (Å²) >= 11 is 1.39. The van der Waals surface area contributed by atoms with Crippen LogP contribution >= 0.6 is 11.3 Å². The number of hydrogen-bond donors (Lipinski definition) is 0. The van der Waals surface area contributed by atoms with Crippen LogP contribution in [0.15, 0.2) is 76.2 Å². The number of para-hydroxylation sites is 1. The number of rotatable bonds is 6. The van der Waals surface area contributed by atoms with Gasteiger partial charge in [-0.2, -0.15) is 5.10 Å². The summed E-state index contributed by atoms with van der Waals surface area (Å²) < 4.78 is 1.64. The number of aromatic nitrogens is 1. The Hall–Kier alpha value is -3.85. The third-order valence-corrected chi connectivity index (χ3v) is 5.95. The summed E-state index contributed by atoms with van der Waals surface area (Å²) in [4.78, 5) is 30.9. The SMILES string of the molecule is C=C(C)CN=c1scc(-c2ccc([N+](=O)[O-])cc2)n1N=C1C(=O)N(C(C)C)c2ccccc21. The zero-order chi connectivity index (χ0) is 23.7. The fraction of sp³-hybridized carbons (Fsp3) is 0.208. The Morgan fingerprint density at radius 1 is 1.18 bits per heavy atom. The minimum Gasteiger partial charge on any atom is -0.304 e. The fourth-order valence-corrected chi connectivity index (χ4v) is 4.42. The zero-order valence-corrected chi connectivity index (χ0v) is 19.4. The van der Waals surface area contributed by atoms with Crippen LogP contribution in [0.5, 0.6) is 0 Å². The normalized spacial score (nSPS) is 14.9. The molecule has 0 aliphatic carbocycles. The van der Waals surface area contributed by atoms with Gasteiger partial charge in [0.05, 0.1) is 22.8 Å². The molecular formula is C24H23N5O3S. The first-order valence-electron chi connectivity index (χ1n) is 10.4. The van der Waals surface area contributed by atoms with E-state index in [4.69, 9.17) is 5.10 Å². The Balaban J connectivity index is 1.91. The van der Waals surface area contributed by atoms with Gasteiger partial charge in [-0.15, -0.1) is 11.3 Å². The summed E-state index contributed by atoms with van der Waals surface area (Å²) in [6.45, 7) is 10.1. The molecule has 0 N–H and O–H groups in total. The number of amides is 1. The molecule has 0 unspecified atom stereocenters. The van der Waals surface area contributed by atoms with Gasteiger partial charge in [-0.05, 0) is 39.0 Å². The predicted molar refractivity (Wildman–Crippen MR) is 131 cm³/mol. The van der Waals surface area contributed by atoms with Crippen LogP contribution in [0.4, 0.5) is 11.4 Å². The molecule has 1 aromatic heterocycles. The van der Waals surface area contributed by atoms with Crippen LogP contribution in [-0.2, 0) is 4.79 Å². The van der Waals surface area contributed by atoms with Gasteiger partial charge >= 0.3 is 0 Å². The topological polar surface area (TPSA) is 93.1 Å². The molecule has 0 saturated carbocycles. The first-order valence-corrected chi connectivity index (χ1v) is 11.3. The van der Waals surface area contributed by atoms with Gasteiger partial charge in [0.25, 0.3) is 11.6 Å². The van der Waals surface area contributed by atoms with Crippen LogP contribution < -0.4 is 9.70 Å². The molecule has 0 bridgehead atoms. The van der Waals surface area contributed by atoms with Crippen LogP contribution in [0.1, 0.15) is 26.3 Å². The van der Waals surface area contributed by atoms with E-state index in [2.05, 4.69) is 11.6 Å². The van der Waals surface area contributed by atoms with Gasteiger partial charge in [-0.3, -0.25) is 19.9 Å². The molecule has 2 heterocycles. The van der Waals surface area contributed by atoms with Crippen molar-refractivity contribution in [3.63, 3.8) is 0 Å². The molecule has 0 fully saturated rings. The van der Waals surface area contributed by atoms with Crippen molar-refractivity contribution in [1.82, 2.24) is 4.68 Å². The quantitative estimate of drug-likeness (QED) is 0.305. The molecule has 1 amide bonds. The first-order chi connectivity index (χ1) is 15.8. The van der Waals surface area contributed by atoms with Crippen molar-refractivity contribution in [3.05, 3.63) is 86.5 Å². The molecule has 4 rings (SSSR count). The molecule has 2 aromatic carbocycles. The van der Waals surface area contributed by atoms with Gasteiger partial charge in [0, 0.05) is 34.7 Å². The van der Waals surface area contributed by atoms with E-state index >= 15 is 0 Å². The summed E-state index contributed by atoms with van der Waals surface area (Å²) in [6.07, 6.45) is 0. The molecule has 1 aliphatic heterocycles. The average molecular weight is 462 g/mol. The van der Waals surface area contributed by atoms with Crippen LogP contribution in [0.2, 0.25) is 0 Å². The smallest absolute Gasteiger partial charge is 0.279 e. The van der Waals surface area contributed by atoms with E-state index in [1.807, 2.05) is 50.4 Å². The second-order valence-corrected chi connectivity index (χ2v) is 8.86. The van der Waals surface area contributed by atoms with Crippen LogP contribution in [-0.4, -0.2) is 33.8 Å². The predicted octanol–water partition coefficient (Wildman–Crippen LogP) is 4.61. The second kappa shape index (κ2) is 8.95. The minimum atomic E-state index is -0.437. The summed E-state index contributed by atoms with van der Waals surface area (Å²) in [5.74, 6) is -0.176. The van der Waals surface area contributed by atoms with Crippen molar-refractivity contribution in [2.75, 3.05) is 11.4 Å². The molecule has 1 aliphatic rings. The Morgan fingerprint density at radius 2 is 1.88 bits per heavy atom. The van der Waals surface area contributed by atoms with Crippen molar-refractivity contribution >= 4 is 34.3 Å². The fourth-order valence-electron chi connectivity index (χ4n) is 3.59. The number of carbonyl (C=O) groups excluding carboxylic acids is 1. The third kappa shape index (κ3) is 4.27. The number of nitro benzene ring substituents is 1. The Kier molecular flexibility index (Phi) is 6.06. The van der Waals surface area contributed by atoms with E-state index in [-0.39, 0.29) is 17.6 Å². The molecule has 3 aromatic rings. The van der Waals surface area contributed by atoms with E-state index < -0.39 is 4.92 Å². The molecular weight excluding hydrogens is 438 g/mol. The summed E-state index contributed by atoms with van der Waals surface area (Å²) in [5, 5.41) is 17.7. The van der Waals surface area contributed by atoms with Crippen molar-refractivity contribution in [1.29, 1.82) is 0 Å². The van der Waals surface area contributed by atoms with Gasteiger partial charge in [-0.1, -0.05) is 30.4 Å². The van der Waals surface area contributed by atoms with Crippen molar-refractivity contribution in [3.8, 4) is 11.3 Å². The number of non-ortho nitro benzene ring substituents is 1. The Labute approximate surface area is 195 Å². The van der Waals surface area contributed by atoms with E-state index in [0.717, 1.165) is 22.4 Å². The number of anilines is 1. The van der Waals surface area contributed by atoms with Crippen LogP contribution in [0.25, 0.3) is 11.3 Å². The van der Waals surface area contributed by atoms with Gasteiger partial charge < -0.3 is 4.90 Å². The largest absolute Gasteiger partial charge is 0.304 e. The summed E-state index contributed by atoms with van der Waals surface area (Å²) in [7, 11) is 0. The lowest BCUT2D eigenvalue weighted by Crippen LogP contribution is -2.36. The lowest BCUT2D eigenvalue weighted by atomic mass is 10.1. The molecule has 0 spiro atoms. The zero-order valence-electron chi connectivity index (χ0n) is 18.6. The molecule has 8 nitrogen and oxygen atoms in total. The molecule has 168 valence electrons. The average Bonchev–Trinajstić information content (AvgIpc) is 3.31. The number of hydrogen-bond acceptors (Lipinski definition) is 6. The number of nitro groups is 1. The molecule has 0 atom stereocenters. The van der Waals surface area contributed by atoms with Crippen molar-refractivity contribution in [2.24, 2.45) is 10.1 Å².